The maximum atomic E-state index is 5.33. The molecule has 1 saturated heterocycles. The van der Waals surface area contributed by atoms with Crippen LogP contribution >= 0.6 is 0 Å². The van der Waals surface area contributed by atoms with Gasteiger partial charge in [0, 0.05) is 38.9 Å². The molecule has 0 amide bonds. The minimum atomic E-state index is 0.773. The van der Waals surface area contributed by atoms with Crippen LogP contribution in [-0.2, 0) is 4.74 Å². The van der Waals surface area contributed by atoms with Gasteiger partial charge in [0.2, 0.25) is 0 Å². The maximum Gasteiger partial charge on any atom is 0.0466 e. The van der Waals surface area contributed by atoms with Gasteiger partial charge in [0.15, 0.2) is 0 Å². The molecule has 1 heterocycles. The first-order chi connectivity index (χ1) is 9.24. The SMILES string of the molecule is CCOCCCCNCCN1CCCC1CN(C)C. The Labute approximate surface area is 119 Å². The summed E-state index contributed by atoms with van der Waals surface area (Å²) < 4.78 is 5.33. The Bertz CT molecular complexity index is 212. The van der Waals surface area contributed by atoms with E-state index in [9.17, 15) is 0 Å². The summed E-state index contributed by atoms with van der Waals surface area (Å²) in [7, 11) is 4.35. The quantitative estimate of drug-likeness (QED) is 0.575. The van der Waals surface area contributed by atoms with Crippen LogP contribution in [0.3, 0.4) is 0 Å². The lowest BCUT2D eigenvalue weighted by atomic mass is 10.2. The van der Waals surface area contributed by atoms with Crippen LogP contribution in [-0.4, -0.2) is 75.9 Å². The van der Waals surface area contributed by atoms with Gasteiger partial charge in [-0.15, -0.1) is 0 Å². The Morgan fingerprint density at radius 2 is 2.11 bits per heavy atom. The van der Waals surface area contributed by atoms with Gasteiger partial charge in [-0.3, -0.25) is 4.90 Å². The molecule has 0 aromatic heterocycles. The Hall–Kier alpha value is -0.160. The summed E-state index contributed by atoms with van der Waals surface area (Å²) in [5.74, 6) is 0. The fraction of sp³-hybridized carbons (Fsp3) is 1.00. The average Bonchev–Trinajstić information content (AvgIpc) is 2.79. The molecule has 4 heteroatoms. The smallest absolute Gasteiger partial charge is 0.0466 e. The summed E-state index contributed by atoms with van der Waals surface area (Å²) in [5, 5.41) is 3.55. The summed E-state index contributed by atoms with van der Waals surface area (Å²) >= 11 is 0. The van der Waals surface area contributed by atoms with E-state index in [1.54, 1.807) is 0 Å². The van der Waals surface area contributed by atoms with Crippen LogP contribution in [0, 0.1) is 0 Å². The van der Waals surface area contributed by atoms with E-state index in [1.165, 1.54) is 45.3 Å². The molecule has 0 aromatic rings. The lowest BCUT2D eigenvalue weighted by molar-refractivity contribution is 0.143. The minimum absolute atomic E-state index is 0.773. The first-order valence-electron chi connectivity index (χ1n) is 7.91. The molecule has 0 saturated carbocycles. The predicted octanol–water partition coefficient (Wildman–Crippen LogP) is 1.42. The fourth-order valence-electron chi connectivity index (χ4n) is 2.76. The van der Waals surface area contributed by atoms with E-state index in [-0.39, 0.29) is 0 Å². The molecule has 1 rings (SSSR count). The number of ether oxygens (including phenoxy) is 1. The van der Waals surface area contributed by atoms with E-state index < -0.39 is 0 Å². The number of likely N-dealkylation sites (tertiary alicyclic amines) is 1. The maximum absolute atomic E-state index is 5.33. The highest BCUT2D eigenvalue weighted by atomic mass is 16.5. The number of nitrogens with zero attached hydrogens (tertiary/aromatic N) is 2. The lowest BCUT2D eigenvalue weighted by Crippen LogP contribution is -2.41. The van der Waals surface area contributed by atoms with Gasteiger partial charge in [0.05, 0.1) is 0 Å². The Balaban J connectivity index is 1.96. The van der Waals surface area contributed by atoms with Gasteiger partial charge in [-0.05, 0) is 59.8 Å². The topological polar surface area (TPSA) is 27.7 Å². The number of hydrogen-bond acceptors (Lipinski definition) is 4. The molecule has 1 aliphatic rings. The second-order valence-corrected chi connectivity index (χ2v) is 5.75. The van der Waals surface area contributed by atoms with Crippen molar-refractivity contribution in [1.29, 1.82) is 0 Å². The van der Waals surface area contributed by atoms with Crippen LogP contribution in [0.25, 0.3) is 0 Å². The van der Waals surface area contributed by atoms with Crippen molar-refractivity contribution >= 4 is 0 Å². The monoisotopic (exact) mass is 271 g/mol. The molecule has 1 aliphatic heterocycles. The van der Waals surface area contributed by atoms with Crippen molar-refractivity contribution in [1.82, 2.24) is 15.1 Å². The van der Waals surface area contributed by atoms with Gasteiger partial charge in [0.1, 0.15) is 0 Å². The lowest BCUT2D eigenvalue weighted by Gasteiger charge is -2.27. The number of hydrogen-bond donors (Lipinski definition) is 1. The van der Waals surface area contributed by atoms with Crippen LogP contribution in [0.2, 0.25) is 0 Å². The molecular formula is C15H33N3O. The molecule has 114 valence electrons. The van der Waals surface area contributed by atoms with E-state index in [4.69, 9.17) is 4.74 Å². The van der Waals surface area contributed by atoms with Crippen LogP contribution < -0.4 is 5.32 Å². The molecular weight excluding hydrogens is 238 g/mol. The molecule has 19 heavy (non-hydrogen) atoms. The molecule has 4 nitrogen and oxygen atoms in total. The van der Waals surface area contributed by atoms with Crippen LogP contribution in [0.4, 0.5) is 0 Å². The highest BCUT2D eigenvalue weighted by Crippen LogP contribution is 2.16. The standard InChI is InChI=1S/C15H33N3O/c1-4-19-13-6-5-9-16-10-12-18-11-7-8-15(18)14-17(2)3/h15-16H,4-14H2,1-3H3. The van der Waals surface area contributed by atoms with Gasteiger partial charge in [-0.2, -0.15) is 0 Å². The Kier molecular flexibility index (Phi) is 9.43. The molecule has 0 spiro atoms. The zero-order valence-corrected chi connectivity index (χ0v) is 13.2. The van der Waals surface area contributed by atoms with Crippen molar-refractivity contribution in [3.05, 3.63) is 0 Å². The van der Waals surface area contributed by atoms with E-state index in [1.807, 2.05) is 0 Å². The number of unbranched alkanes of at least 4 members (excludes halogenated alkanes) is 1. The van der Waals surface area contributed by atoms with E-state index in [2.05, 4.69) is 36.1 Å². The normalized spacial score (nSPS) is 20.5. The van der Waals surface area contributed by atoms with Crippen molar-refractivity contribution < 1.29 is 4.74 Å². The van der Waals surface area contributed by atoms with Crippen LogP contribution in [0.15, 0.2) is 0 Å². The van der Waals surface area contributed by atoms with E-state index in [0.717, 1.165) is 32.3 Å². The third-order valence-corrected chi connectivity index (χ3v) is 3.75. The molecule has 1 fully saturated rings. The molecule has 1 atom stereocenters. The first-order valence-corrected chi connectivity index (χ1v) is 7.91. The second-order valence-electron chi connectivity index (χ2n) is 5.75. The minimum Gasteiger partial charge on any atom is -0.382 e. The van der Waals surface area contributed by atoms with Crippen LogP contribution in [0.1, 0.15) is 32.6 Å². The number of likely N-dealkylation sites (N-methyl/N-ethyl adjacent to an activating group) is 1. The molecule has 0 radical (unpaired) electrons. The van der Waals surface area contributed by atoms with Crippen molar-refractivity contribution in [2.45, 2.75) is 38.6 Å². The zero-order valence-electron chi connectivity index (χ0n) is 13.2. The third-order valence-electron chi connectivity index (χ3n) is 3.75. The van der Waals surface area contributed by atoms with E-state index >= 15 is 0 Å². The largest absolute Gasteiger partial charge is 0.382 e. The highest BCUT2D eigenvalue weighted by Gasteiger charge is 2.23. The third kappa shape index (κ3) is 7.88. The molecule has 0 aliphatic carbocycles. The Morgan fingerprint density at radius 1 is 1.26 bits per heavy atom. The summed E-state index contributed by atoms with van der Waals surface area (Å²) in [5.41, 5.74) is 0. The highest BCUT2D eigenvalue weighted by molar-refractivity contribution is 4.81. The van der Waals surface area contributed by atoms with Gasteiger partial charge in [-0.25, -0.2) is 0 Å². The molecule has 0 aromatic carbocycles. The average molecular weight is 271 g/mol. The summed E-state index contributed by atoms with van der Waals surface area (Å²) in [4.78, 5) is 4.96. The number of nitrogens with one attached hydrogen (secondary N) is 1. The fourth-order valence-corrected chi connectivity index (χ4v) is 2.76. The number of rotatable bonds is 11. The van der Waals surface area contributed by atoms with E-state index in [0.29, 0.717) is 0 Å². The second kappa shape index (κ2) is 10.6. The van der Waals surface area contributed by atoms with Crippen molar-refractivity contribution in [3.8, 4) is 0 Å². The summed E-state index contributed by atoms with van der Waals surface area (Å²) in [6, 6.07) is 0.773. The van der Waals surface area contributed by atoms with Gasteiger partial charge in [0.25, 0.3) is 0 Å². The van der Waals surface area contributed by atoms with Gasteiger partial charge < -0.3 is 15.0 Å². The first kappa shape index (κ1) is 16.9. The summed E-state index contributed by atoms with van der Waals surface area (Å²) in [6.45, 7) is 9.74. The van der Waals surface area contributed by atoms with Crippen LogP contribution in [0.5, 0.6) is 0 Å². The van der Waals surface area contributed by atoms with Crippen molar-refractivity contribution in [3.63, 3.8) is 0 Å². The summed E-state index contributed by atoms with van der Waals surface area (Å²) in [6.07, 6.45) is 5.13. The Morgan fingerprint density at radius 3 is 2.84 bits per heavy atom. The molecule has 0 bridgehead atoms. The molecule has 1 N–H and O–H groups in total. The zero-order chi connectivity index (χ0) is 13.9. The van der Waals surface area contributed by atoms with Crippen molar-refractivity contribution in [2.24, 2.45) is 0 Å². The van der Waals surface area contributed by atoms with Crippen molar-refractivity contribution in [2.75, 3.05) is 60.0 Å². The van der Waals surface area contributed by atoms with Gasteiger partial charge >= 0.3 is 0 Å². The van der Waals surface area contributed by atoms with Gasteiger partial charge in [-0.1, -0.05) is 0 Å². The molecule has 1 unspecified atom stereocenters. The predicted molar refractivity (Wildman–Crippen MR) is 81.7 cm³/mol.